The smallest absolute Gasteiger partial charge is 0.262 e. The predicted molar refractivity (Wildman–Crippen MR) is 108 cm³/mol. The summed E-state index contributed by atoms with van der Waals surface area (Å²) in [4.78, 5) is 24.8. The highest BCUT2D eigenvalue weighted by molar-refractivity contribution is 6.04. The van der Waals surface area contributed by atoms with E-state index in [1.807, 2.05) is 40.7 Å². The maximum Gasteiger partial charge on any atom is 0.262 e. The molecule has 1 unspecified atom stereocenters. The van der Waals surface area contributed by atoms with Gasteiger partial charge in [0.2, 0.25) is 0 Å². The minimum atomic E-state index is -0.308. The summed E-state index contributed by atoms with van der Waals surface area (Å²) in [7, 11) is 0. The van der Waals surface area contributed by atoms with Crippen LogP contribution < -0.4 is 15.4 Å². The fourth-order valence-corrected chi connectivity index (χ4v) is 2.67. The van der Waals surface area contributed by atoms with E-state index in [4.69, 9.17) is 4.74 Å². The van der Waals surface area contributed by atoms with Gasteiger partial charge in [0.1, 0.15) is 5.75 Å². The molecular formula is C22H28N2O3. The summed E-state index contributed by atoms with van der Waals surface area (Å²) in [5.74, 6) is 0.189. The van der Waals surface area contributed by atoms with Crippen molar-refractivity contribution in [3.05, 3.63) is 58.7 Å². The first kappa shape index (κ1) is 20.5. The zero-order chi connectivity index (χ0) is 20.0. The Hall–Kier alpha value is -2.82. The van der Waals surface area contributed by atoms with Gasteiger partial charge in [-0.15, -0.1) is 0 Å². The van der Waals surface area contributed by atoms with Gasteiger partial charge in [-0.05, 0) is 69.0 Å². The molecule has 2 aromatic carbocycles. The van der Waals surface area contributed by atoms with Crippen LogP contribution in [0.15, 0.2) is 36.4 Å². The number of benzene rings is 2. The van der Waals surface area contributed by atoms with E-state index in [0.29, 0.717) is 17.0 Å². The molecule has 0 aromatic heterocycles. The molecule has 2 N–H and O–H groups in total. The Bertz CT molecular complexity index is 830. The van der Waals surface area contributed by atoms with Crippen molar-refractivity contribution in [2.24, 2.45) is 0 Å². The third-order valence-corrected chi connectivity index (χ3v) is 4.56. The van der Waals surface area contributed by atoms with E-state index in [0.717, 1.165) is 23.1 Å². The Morgan fingerprint density at radius 1 is 1.11 bits per heavy atom. The molecule has 1 atom stereocenters. The van der Waals surface area contributed by atoms with Crippen LogP contribution in [0.2, 0.25) is 0 Å². The summed E-state index contributed by atoms with van der Waals surface area (Å²) in [6, 6.07) is 11.0. The first-order valence-electron chi connectivity index (χ1n) is 9.22. The van der Waals surface area contributed by atoms with Crippen LogP contribution in [0.5, 0.6) is 5.75 Å². The van der Waals surface area contributed by atoms with Crippen molar-refractivity contribution in [2.45, 2.75) is 47.1 Å². The van der Waals surface area contributed by atoms with Crippen LogP contribution in [-0.4, -0.2) is 24.5 Å². The maximum absolute atomic E-state index is 12.4. The van der Waals surface area contributed by atoms with Crippen molar-refractivity contribution in [3.8, 4) is 5.75 Å². The molecule has 0 radical (unpaired) electrons. The standard InChI is InChI=1S/C22H28N2O3/c1-6-16(4)23-22(26)18-9-7-8-10-19(18)24-21(25)13-27-20-12-14(2)11-15(3)17(20)5/h7-12,16H,6,13H2,1-5H3,(H,23,26)(H,24,25). The van der Waals surface area contributed by atoms with E-state index >= 15 is 0 Å². The number of nitrogens with one attached hydrogen (secondary N) is 2. The van der Waals surface area contributed by atoms with Gasteiger partial charge in [0.15, 0.2) is 6.61 Å². The lowest BCUT2D eigenvalue weighted by Gasteiger charge is -2.15. The van der Waals surface area contributed by atoms with Gasteiger partial charge in [-0.25, -0.2) is 0 Å². The van der Waals surface area contributed by atoms with Gasteiger partial charge in [-0.1, -0.05) is 25.1 Å². The fraction of sp³-hybridized carbons (Fsp3) is 0.364. The van der Waals surface area contributed by atoms with Crippen molar-refractivity contribution in [1.82, 2.24) is 5.32 Å². The molecule has 0 bridgehead atoms. The average molecular weight is 368 g/mol. The van der Waals surface area contributed by atoms with Crippen LogP contribution in [0.3, 0.4) is 0 Å². The number of amides is 2. The molecule has 2 amide bonds. The van der Waals surface area contributed by atoms with Gasteiger partial charge in [0.05, 0.1) is 11.3 Å². The summed E-state index contributed by atoms with van der Waals surface area (Å²) < 4.78 is 5.70. The third-order valence-electron chi connectivity index (χ3n) is 4.56. The lowest BCUT2D eigenvalue weighted by molar-refractivity contribution is -0.118. The molecule has 27 heavy (non-hydrogen) atoms. The van der Waals surface area contributed by atoms with E-state index in [1.54, 1.807) is 24.3 Å². The Morgan fingerprint density at radius 3 is 2.52 bits per heavy atom. The molecule has 0 spiro atoms. The SMILES string of the molecule is CCC(C)NC(=O)c1ccccc1NC(=O)COc1cc(C)cc(C)c1C. The highest BCUT2D eigenvalue weighted by Crippen LogP contribution is 2.23. The normalized spacial score (nSPS) is 11.6. The van der Waals surface area contributed by atoms with Crippen LogP contribution in [0.1, 0.15) is 47.3 Å². The zero-order valence-electron chi connectivity index (χ0n) is 16.7. The number of carbonyl (C=O) groups excluding carboxylic acids is 2. The molecule has 0 aliphatic carbocycles. The topological polar surface area (TPSA) is 67.4 Å². The summed E-state index contributed by atoms with van der Waals surface area (Å²) in [6.07, 6.45) is 0.837. The second kappa shape index (κ2) is 9.21. The molecular weight excluding hydrogens is 340 g/mol. The van der Waals surface area contributed by atoms with Gasteiger partial charge in [0.25, 0.3) is 11.8 Å². The van der Waals surface area contributed by atoms with E-state index in [9.17, 15) is 9.59 Å². The second-order valence-electron chi connectivity index (χ2n) is 6.87. The highest BCUT2D eigenvalue weighted by Gasteiger charge is 2.15. The first-order valence-corrected chi connectivity index (χ1v) is 9.22. The predicted octanol–water partition coefficient (Wildman–Crippen LogP) is 4.16. The first-order chi connectivity index (χ1) is 12.8. The number of hydrogen-bond donors (Lipinski definition) is 2. The second-order valence-corrected chi connectivity index (χ2v) is 6.87. The molecule has 5 nitrogen and oxygen atoms in total. The number of carbonyl (C=O) groups is 2. The summed E-state index contributed by atoms with van der Waals surface area (Å²) >= 11 is 0. The van der Waals surface area contributed by atoms with Gasteiger partial charge in [-0.2, -0.15) is 0 Å². The Morgan fingerprint density at radius 2 is 1.81 bits per heavy atom. The largest absolute Gasteiger partial charge is 0.483 e. The lowest BCUT2D eigenvalue weighted by atomic mass is 10.1. The number of ether oxygens (including phenoxy) is 1. The Kier molecular flexibility index (Phi) is 6.99. The maximum atomic E-state index is 12.4. The number of para-hydroxylation sites is 1. The number of anilines is 1. The van der Waals surface area contributed by atoms with Crippen LogP contribution in [-0.2, 0) is 4.79 Å². The minimum Gasteiger partial charge on any atom is -0.483 e. The molecule has 0 fully saturated rings. The van der Waals surface area contributed by atoms with Crippen molar-refractivity contribution in [2.75, 3.05) is 11.9 Å². The van der Waals surface area contributed by atoms with Crippen molar-refractivity contribution in [1.29, 1.82) is 0 Å². The van der Waals surface area contributed by atoms with Crippen molar-refractivity contribution < 1.29 is 14.3 Å². The molecule has 0 heterocycles. The van der Waals surface area contributed by atoms with E-state index in [2.05, 4.69) is 16.7 Å². The molecule has 0 aliphatic rings. The molecule has 0 saturated heterocycles. The summed E-state index contributed by atoms with van der Waals surface area (Å²) in [5, 5.41) is 5.69. The van der Waals surface area contributed by atoms with Crippen LogP contribution in [0, 0.1) is 20.8 Å². The van der Waals surface area contributed by atoms with Crippen molar-refractivity contribution in [3.63, 3.8) is 0 Å². The van der Waals surface area contributed by atoms with Crippen LogP contribution >= 0.6 is 0 Å². The van der Waals surface area contributed by atoms with Crippen molar-refractivity contribution >= 4 is 17.5 Å². The van der Waals surface area contributed by atoms with Gasteiger partial charge < -0.3 is 15.4 Å². The zero-order valence-corrected chi connectivity index (χ0v) is 16.7. The number of aryl methyl sites for hydroxylation is 2. The molecule has 2 aromatic rings. The van der Waals surface area contributed by atoms with E-state index < -0.39 is 0 Å². The monoisotopic (exact) mass is 368 g/mol. The fourth-order valence-electron chi connectivity index (χ4n) is 2.67. The minimum absolute atomic E-state index is 0.0668. The van der Waals surface area contributed by atoms with Gasteiger partial charge >= 0.3 is 0 Å². The number of rotatable bonds is 7. The molecule has 5 heteroatoms. The van der Waals surface area contributed by atoms with E-state index in [1.165, 1.54) is 0 Å². The molecule has 0 saturated carbocycles. The number of hydrogen-bond acceptors (Lipinski definition) is 3. The van der Waals surface area contributed by atoms with Crippen LogP contribution in [0.4, 0.5) is 5.69 Å². The van der Waals surface area contributed by atoms with Gasteiger partial charge in [0, 0.05) is 6.04 Å². The quantitative estimate of drug-likeness (QED) is 0.771. The summed E-state index contributed by atoms with van der Waals surface area (Å²) in [6.45, 7) is 9.80. The Labute approximate surface area is 161 Å². The summed E-state index contributed by atoms with van der Waals surface area (Å²) in [5.41, 5.74) is 4.14. The lowest BCUT2D eigenvalue weighted by Crippen LogP contribution is -2.33. The molecule has 0 aliphatic heterocycles. The molecule has 144 valence electrons. The van der Waals surface area contributed by atoms with Crippen LogP contribution in [0.25, 0.3) is 0 Å². The van der Waals surface area contributed by atoms with Gasteiger partial charge in [-0.3, -0.25) is 9.59 Å². The van der Waals surface area contributed by atoms with E-state index in [-0.39, 0.29) is 24.5 Å². The highest BCUT2D eigenvalue weighted by atomic mass is 16.5. The Balaban J connectivity index is 2.05. The third kappa shape index (κ3) is 5.58. The molecule has 2 rings (SSSR count). The average Bonchev–Trinajstić information content (AvgIpc) is 2.63.